The number of carbonyl (C=O) groups is 2. The van der Waals surface area contributed by atoms with E-state index < -0.39 is 23.5 Å². The van der Waals surface area contributed by atoms with E-state index in [1.165, 1.54) is 35.4 Å². The van der Waals surface area contributed by atoms with Gasteiger partial charge in [0.25, 0.3) is 11.7 Å². The average Bonchev–Trinajstić information content (AvgIpc) is 3.10. The third-order valence-corrected chi connectivity index (χ3v) is 5.33. The van der Waals surface area contributed by atoms with Crippen molar-refractivity contribution < 1.29 is 28.6 Å². The number of fused-ring (bicyclic) bond motifs is 1. The number of hydrogen-bond acceptors (Lipinski definition) is 6. The van der Waals surface area contributed by atoms with E-state index in [-0.39, 0.29) is 11.3 Å². The first-order chi connectivity index (χ1) is 15.5. The number of carbonyl (C=O) groups excluding carboxylic acids is 2. The van der Waals surface area contributed by atoms with Crippen LogP contribution in [0.5, 0.6) is 11.5 Å². The molecule has 0 bridgehead atoms. The van der Waals surface area contributed by atoms with Crippen molar-refractivity contribution in [3.05, 3.63) is 89.5 Å². The fraction of sp³-hybridized carbons (Fsp3) is 0.125. The van der Waals surface area contributed by atoms with Gasteiger partial charge in [-0.25, -0.2) is 4.39 Å². The summed E-state index contributed by atoms with van der Waals surface area (Å²) in [4.78, 5) is 31.6. The van der Waals surface area contributed by atoms with E-state index in [9.17, 15) is 19.1 Å². The quantitative estimate of drug-likeness (QED) is 0.386. The molecule has 1 unspecified atom stereocenters. The molecule has 3 aromatic rings. The van der Waals surface area contributed by atoms with Crippen molar-refractivity contribution in [1.29, 1.82) is 0 Å². The minimum atomic E-state index is -0.991. The van der Waals surface area contributed by atoms with Gasteiger partial charge in [-0.2, -0.15) is 0 Å². The molecular formula is C24H17FN2O5. The second kappa shape index (κ2) is 7.81. The van der Waals surface area contributed by atoms with Crippen LogP contribution in [0.15, 0.2) is 72.4 Å². The molecule has 8 heteroatoms. The van der Waals surface area contributed by atoms with E-state index in [2.05, 4.69) is 4.98 Å². The van der Waals surface area contributed by atoms with Crippen molar-refractivity contribution in [1.82, 2.24) is 4.98 Å². The normalized spacial score (nSPS) is 19.3. The minimum Gasteiger partial charge on any atom is -0.507 e. The lowest BCUT2D eigenvalue weighted by Crippen LogP contribution is -2.29. The summed E-state index contributed by atoms with van der Waals surface area (Å²) in [5.41, 5.74) is 0.877. The van der Waals surface area contributed by atoms with E-state index in [1.54, 1.807) is 36.4 Å². The third kappa shape index (κ3) is 3.26. The number of aliphatic hydroxyl groups excluding tert-OH is 1. The van der Waals surface area contributed by atoms with Gasteiger partial charge in [0.05, 0.1) is 11.3 Å². The molecule has 0 radical (unpaired) electrons. The van der Waals surface area contributed by atoms with Crippen molar-refractivity contribution in [2.45, 2.75) is 6.04 Å². The first-order valence-electron chi connectivity index (χ1n) is 9.92. The van der Waals surface area contributed by atoms with Crippen LogP contribution in [0, 0.1) is 5.82 Å². The summed E-state index contributed by atoms with van der Waals surface area (Å²) in [5, 5.41) is 11.1. The maximum absolute atomic E-state index is 13.5. The van der Waals surface area contributed by atoms with Gasteiger partial charge in [-0.1, -0.05) is 6.07 Å². The Morgan fingerprint density at radius 3 is 2.47 bits per heavy atom. The van der Waals surface area contributed by atoms with Gasteiger partial charge < -0.3 is 14.6 Å². The van der Waals surface area contributed by atoms with Crippen LogP contribution in [0.2, 0.25) is 0 Å². The number of rotatable bonds is 3. The van der Waals surface area contributed by atoms with Crippen molar-refractivity contribution in [2.75, 3.05) is 18.1 Å². The molecule has 0 saturated carbocycles. The zero-order chi connectivity index (χ0) is 22.2. The first kappa shape index (κ1) is 19.7. The number of nitrogens with zero attached hydrogens (tertiary/aromatic N) is 2. The Morgan fingerprint density at radius 1 is 1.00 bits per heavy atom. The van der Waals surface area contributed by atoms with Crippen LogP contribution in [0.1, 0.15) is 17.3 Å². The largest absolute Gasteiger partial charge is 0.507 e. The molecule has 2 aliphatic rings. The molecule has 2 aliphatic heterocycles. The zero-order valence-electron chi connectivity index (χ0n) is 16.7. The van der Waals surface area contributed by atoms with E-state index in [0.717, 1.165) is 0 Å². The number of Topliss-reactive ketones (excluding diaryl/α,β-unsaturated/α-hetero) is 1. The van der Waals surface area contributed by atoms with Gasteiger partial charge in [0.2, 0.25) is 0 Å². The van der Waals surface area contributed by atoms with Crippen LogP contribution in [-0.2, 0) is 9.59 Å². The molecule has 3 heterocycles. The van der Waals surface area contributed by atoms with Crippen molar-refractivity contribution in [2.24, 2.45) is 0 Å². The molecule has 1 saturated heterocycles. The Bertz CT molecular complexity index is 1240. The molecule has 2 aromatic carbocycles. The Hall–Kier alpha value is -4.20. The van der Waals surface area contributed by atoms with E-state index in [0.29, 0.717) is 41.7 Å². The average molecular weight is 432 g/mol. The highest BCUT2D eigenvalue weighted by Gasteiger charge is 2.47. The fourth-order valence-corrected chi connectivity index (χ4v) is 3.86. The van der Waals surface area contributed by atoms with Crippen molar-refractivity contribution in [3.8, 4) is 11.5 Å². The summed E-state index contributed by atoms with van der Waals surface area (Å²) in [5.74, 6) is -1.58. The van der Waals surface area contributed by atoms with Crippen molar-refractivity contribution in [3.63, 3.8) is 0 Å². The molecule has 160 valence electrons. The molecule has 5 rings (SSSR count). The van der Waals surface area contributed by atoms with Gasteiger partial charge in [-0.3, -0.25) is 19.5 Å². The maximum Gasteiger partial charge on any atom is 0.300 e. The van der Waals surface area contributed by atoms with Crippen LogP contribution in [0.4, 0.5) is 10.1 Å². The van der Waals surface area contributed by atoms with Gasteiger partial charge in [-0.05, 0) is 54.6 Å². The fourth-order valence-electron chi connectivity index (χ4n) is 3.86. The molecule has 1 amide bonds. The van der Waals surface area contributed by atoms with Gasteiger partial charge in [0, 0.05) is 17.4 Å². The molecule has 32 heavy (non-hydrogen) atoms. The van der Waals surface area contributed by atoms with Gasteiger partial charge >= 0.3 is 0 Å². The monoisotopic (exact) mass is 432 g/mol. The predicted molar refractivity (Wildman–Crippen MR) is 113 cm³/mol. The van der Waals surface area contributed by atoms with Crippen LogP contribution in [0.3, 0.4) is 0 Å². The molecule has 1 atom stereocenters. The van der Waals surface area contributed by atoms with Gasteiger partial charge in [-0.15, -0.1) is 0 Å². The Balaban J connectivity index is 1.68. The highest BCUT2D eigenvalue weighted by molar-refractivity contribution is 6.51. The number of pyridine rings is 1. The van der Waals surface area contributed by atoms with E-state index in [4.69, 9.17) is 9.47 Å². The summed E-state index contributed by atoms with van der Waals surface area (Å²) < 4.78 is 24.6. The Morgan fingerprint density at radius 2 is 1.75 bits per heavy atom. The third-order valence-electron chi connectivity index (χ3n) is 5.33. The summed E-state index contributed by atoms with van der Waals surface area (Å²) in [7, 11) is 0. The van der Waals surface area contributed by atoms with Gasteiger partial charge in [0.1, 0.15) is 30.8 Å². The van der Waals surface area contributed by atoms with E-state index in [1.807, 2.05) is 0 Å². The van der Waals surface area contributed by atoms with Crippen LogP contribution in [0.25, 0.3) is 5.76 Å². The Labute approximate surface area is 182 Å². The molecule has 1 fully saturated rings. The molecule has 7 nitrogen and oxygen atoms in total. The number of ketones is 1. The smallest absolute Gasteiger partial charge is 0.300 e. The maximum atomic E-state index is 13.5. The minimum absolute atomic E-state index is 0.116. The molecular weight excluding hydrogens is 415 g/mol. The number of aromatic nitrogens is 1. The predicted octanol–water partition coefficient (Wildman–Crippen LogP) is 3.62. The number of benzene rings is 2. The lowest BCUT2D eigenvalue weighted by Gasteiger charge is -2.24. The van der Waals surface area contributed by atoms with Crippen LogP contribution >= 0.6 is 0 Å². The highest BCUT2D eigenvalue weighted by Crippen LogP contribution is 2.42. The molecule has 1 N–H and O–H groups in total. The first-order valence-corrected chi connectivity index (χ1v) is 9.92. The molecule has 1 aromatic heterocycles. The van der Waals surface area contributed by atoms with Crippen LogP contribution < -0.4 is 14.4 Å². The SMILES string of the molecule is O=C1C(=O)N(c2ccc(F)cc2)C(c2ccccn2)/C1=C(/O)c1ccc2c(c1)OCCO2. The zero-order valence-corrected chi connectivity index (χ0v) is 16.7. The number of anilines is 1. The summed E-state index contributed by atoms with van der Waals surface area (Å²) >= 11 is 0. The number of aliphatic hydroxyl groups is 1. The number of halogens is 1. The number of hydrogen-bond donors (Lipinski definition) is 1. The standard InChI is InChI=1S/C24H17FN2O5/c25-15-5-7-16(8-6-15)27-21(17-3-1-2-10-26-17)20(23(29)24(27)30)22(28)14-4-9-18-19(13-14)32-12-11-31-18/h1-10,13,21,28H,11-12H2/b22-20-. The number of ether oxygens (including phenoxy) is 2. The highest BCUT2D eigenvalue weighted by atomic mass is 19.1. The summed E-state index contributed by atoms with van der Waals surface area (Å²) in [6.07, 6.45) is 1.53. The Kier molecular flexibility index (Phi) is 4.82. The van der Waals surface area contributed by atoms with E-state index >= 15 is 0 Å². The topological polar surface area (TPSA) is 89.0 Å². The molecule has 0 spiro atoms. The lowest BCUT2D eigenvalue weighted by molar-refractivity contribution is -0.132. The molecule has 0 aliphatic carbocycles. The van der Waals surface area contributed by atoms with Crippen molar-refractivity contribution >= 4 is 23.1 Å². The van der Waals surface area contributed by atoms with Crippen LogP contribution in [-0.4, -0.2) is 35.0 Å². The second-order valence-corrected chi connectivity index (χ2v) is 7.26. The summed E-state index contributed by atoms with van der Waals surface area (Å²) in [6.45, 7) is 0.779. The van der Waals surface area contributed by atoms with Gasteiger partial charge in [0.15, 0.2) is 11.5 Å². The second-order valence-electron chi connectivity index (χ2n) is 7.26. The summed E-state index contributed by atoms with van der Waals surface area (Å²) in [6, 6.07) is 14.1. The lowest BCUT2D eigenvalue weighted by atomic mass is 9.98. The number of amides is 1.